The molecule has 3 rings (SSSR count). The minimum Gasteiger partial charge on any atom is -0.406 e. The lowest BCUT2D eigenvalue weighted by molar-refractivity contribution is -0.274. The second-order valence-corrected chi connectivity index (χ2v) is 4.30. The van der Waals surface area contributed by atoms with Crippen LogP contribution in [-0.4, -0.2) is 21.3 Å². The van der Waals surface area contributed by atoms with Crippen LogP contribution in [0.2, 0.25) is 0 Å². The Kier molecular flexibility index (Phi) is 2.93. The standard InChI is InChI=1S/C13H9F3N4O/c14-13(15,16)21-9-3-1-2-7(4-9)11-19-10-5-8(17)6-18-12(10)20-11/h1-6H,17H2,(H,18,19,20). The molecule has 0 bridgehead atoms. The van der Waals surface area contributed by atoms with E-state index in [0.717, 1.165) is 0 Å². The van der Waals surface area contributed by atoms with Crippen LogP contribution < -0.4 is 10.5 Å². The molecule has 0 saturated heterocycles. The van der Waals surface area contributed by atoms with Gasteiger partial charge in [-0.05, 0) is 18.2 Å². The van der Waals surface area contributed by atoms with E-state index in [0.29, 0.717) is 28.2 Å². The number of imidazole rings is 1. The molecule has 0 aliphatic rings. The molecule has 5 nitrogen and oxygen atoms in total. The highest BCUT2D eigenvalue weighted by Crippen LogP contribution is 2.27. The van der Waals surface area contributed by atoms with Crippen molar-refractivity contribution in [2.24, 2.45) is 0 Å². The van der Waals surface area contributed by atoms with Gasteiger partial charge in [-0.2, -0.15) is 0 Å². The highest BCUT2D eigenvalue weighted by atomic mass is 19.4. The summed E-state index contributed by atoms with van der Waals surface area (Å²) in [6.07, 6.45) is -3.27. The number of nitrogens with two attached hydrogens (primary N) is 1. The topological polar surface area (TPSA) is 76.8 Å². The first-order chi connectivity index (χ1) is 9.90. The molecule has 2 aromatic heterocycles. The fourth-order valence-electron chi connectivity index (χ4n) is 1.89. The van der Waals surface area contributed by atoms with E-state index in [1.807, 2.05) is 0 Å². The van der Waals surface area contributed by atoms with Crippen LogP contribution in [0.5, 0.6) is 5.75 Å². The van der Waals surface area contributed by atoms with E-state index in [4.69, 9.17) is 5.73 Å². The van der Waals surface area contributed by atoms with Gasteiger partial charge in [0.2, 0.25) is 0 Å². The summed E-state index contributed by atoms with van der Waals surface area (Å²) in [7, 11) is 0. The quantitative estimate of drug-likeness (QED) is 0.761. The summed E-state index contributed by atoms with van der Waals surface area (Å²) in [6, 6.07) is 7.15. The number of H-pyrrole nitrogens is 1. The molecule has 108 valence electrons. The number of aromatic amines is 1. The zero-order chi connectivity index (χ0) is 15.0. The molecular formula is C13H9F3N4O. The molecular weight excluding hydrogens is 285 g/mol. The molecule has 0 fully saturated rings. The number of benzene rings is 1. The van der Waals surface area contributed by atoms with Gasteiger partial charge in [0.25, 0.3) is 0 Å². The number of hydrogen-bond donors (Lipinski definition) is 2. The first kappa shape index (κ1) is 13.2. The lowest BCUT2D eigenvalue weighted by Crippen LogP contribution is -2.17. The van der Waals surface area contributed by atoms with E-state index in [1.165, 1.54) is 24.4 Å². The van der Waals surface area contributed by atoms with Crippen LogP contribution >= 0.6 is 0 Å². The van der Waals surface area contributed by atoms with Crippen LogP contribution in [0.4, 0.5) is 18.9 Å². The first-order valence-electron chi connectivity index (χ1n) is 5.88. The molecule has 0 saturated carbocycles. The molecule has 21 heavy (non-hydrogen) atoms. The summed E-state index contributed by atoms with van der Waals surface area (Å²) >= 11 is 0. The molecule has 0 atom stereocenters. The van der Waals surface area contributed by atoms with Crippen molar-refractivity contribution in [2.45, 2.75) is 6.36 Å². The highest BCUT2D eigenvalue weighted by Gasteiger charge is 2.31. The summed E-state index contributed by atoms with van der Waals surface area (Å²) < 4.78 is 40.5. The molecule has 1 aromatic carbocycles. The number of nitrogens with zero attached hydrogens (tertiary/aromatic N) is 2. The van der Waals surface area contributed by atoms with Gasteiger partial charge >= 0.3 is 6.36 Å². The Hall–Kier alpha value is -2.77. The van der Waals surface area contributed by atoms with E-state index < -0.39 is 6.36 Å². The van der Waals surface area contributed by atoms with Gasteiger partial charge in [-0.3, -0.25) is 0 Å². The van der Waals surface area contributed by atoms with Gasteiger partial charge in [-0.25, -0.2) is 9.97 Å². The van der Waals surface area contributed by atoms with E-state index in [-0.39, 0.29) is 5.75 Å². The Balaban J connectivity index is 2.00. The van der Waals surface area contributed by atoms with Gasteiger partial charge in [-0.15, -0.1) is 13.2 Å². The number of halogens is 3. The van der Waals surface area contributed by atoms with Gasteiger partial charge in [-0.1, -0.05) is 12.1 Å². The molecule has 8 heteroatoms. The Morgan fingerprint density at radius 1 is 1.19 bits per heavy atom. The average molecular weight is 294 g/mol. The van der Waals surface area contributed by atoms with Crippen LogP contribution in [-0.2, 0) is 0 Å². The number of alkyl halides is 3. The number of aromatic nitrogens is 3. The minimum atomic E-state index is -4.73. The van der Waals surface area contributed by atoms with Crippen LogP contribution in [0.3, 0.4) is 0 Å². The minimum absolute atomic E-state index is 0.312. The average Bonchev–Trinajstić information content (AvgIpc) is 2.80. The lowest BCUT2D eigenvalue weighted by Gasteiger charge is -2.09. The number of rotatable bonds is 2. The molecule has 0 spiro atoms. The van der Waals surface area contributed by atoms with E-state index in [1.54, 1.807) is 12.1 Å². The Morgan fingerprint density at radius 3 is 2.76 bits per heavy atom. The molecule has 0 unspecified atom stereocenters. The SMILES string of the molecule is Nc1cnc2[nH]c(-c3cccc(OC(F)(F)F)c3)nc2c1. The van der Waals surface area contributed by atoms with Gasteiger partial charge in [0.1, 0.15) is 17.1 Å². The van der Waals surface area contributed by atoms with Gasteiger partial charge in [0.05, 0.1) is 11.9 Å². The summed E-state index contributed by atoms with van der Waals surface area (Å²) in [5.74, 6) is 0.0728. The molecule has 3 aromatic rings. The lowest BCUT2D eigenvalue weighted by atomic mass is 10.2. The largest absolute Gasteiger partial charge is 0.573 e. The summed E-state index contributed by atoms with van der Waals surface area (Å²) in [5.41, 5.74) is 7.55. The zero-order valence-corrected chi connectivity index (χ0v) is 10.5. The van der Waals surface area contributed by atoms with Crippen molar-refractivity contribution in [3.05, 3.63) is 36.5 Å². The van der Waals surface area contributed by atoms with Crippen molar-refractivity contribution in [3.63, 3.8) is 0 Å². The van der Waals surface area contributed by atoms with Crippen LogP contribution in [0.15, 0.2) is 36.5 Å². The molecule has 3 N–H and O–H groups in total. The number of ether oxygens (including phenoxy) is 1. The van der Waals surface area contributed by atoms with Crippen molar-refractivity contribution < 1.29 is 17.9 Å². The summed E-state index contributed by atoms with van der Waals surface area (Å²) in [4.78, 5) is 11.2. The van der Waals surface area contributed by atoms with Crippen molar-refractivity contribution in [3.8, 4) is 17.1 Å². The van der Waals surface area contributed by atoms with Gasteiger partial charge in [0.15, 0.2) is 5.65 Å². The zero-order valence-electron chi connectivity index (χ0n) is 10.5. The smallest absolute Gasteiger partial charge is 0.406 e. The maximum absolute atomic E-state index is 12.2. The monoisotopic (exact) mass is 294 g/mol. The second-order valence-electron chi connectivity index (χ2n) is 4.30. The van der Waals surface area contributed by atoms with Crippen LogP contribution in [0, 0.1) is 0 Å². The molecule has 0 amide bonds. The van der Waals surface area contributed by atoms with E-state index >= 15 is 0 Å². The number of hydrogen-bond acceptors (Lipinski definition) is 4. The summed E-state index contributed by atoms with van der Waals surface area (Å²) in [5, 5.41) is 0. The molecule has 0 aliphatic carbocycles. The summed E-state index contributed by atoms with van der Waals surface area (Å²) in [6.45, 7) is 0. The first-order valence-corrected chi connectivity index (χ1v) is 5.88. The Morgan fingerprint density at radius 2 is 2.00 bits per heavy atom. The fourth-order valence-corrected chi connectivity index (χ4v) is 1.89. The third-order valence-electron chi connectivity index (χ3n) is 2.70. The maximum Gasteiger partial charge on any atom is 0.573 e. The second kappa shape index (κ2) is 4.65. The molecule has 0 aliphatic heterocycles. The Bertz CT molecular complexity index is 797. The van der Waals surface area contributed by atoms with Crippen molar-refractivity contribution in [1.29, 1.82) is 0 Å². The maximum atomic E-state index is 12.2. The molecule has 0 radical (unpaired) electrons. The van der Waals surface area contributed by atoms with Gasteiger partial charge in [0, 0.05) is 5.56 Å². The van der Waals surface area contributed by atoms with Crippen molar-refractivity contribution >= 4 is 16.9 Å². The number of nitrogen functional groups attached to an aromatic ring is 1. The van der Waals surface area contributed by atoms with Crippen LogP contribution in [0.25, 0.3) is 22.6 Å². The number of anilines is 1. The fraction of sp³-hybridized carbons (Fsp3) is 0.0769. The third kappa shape index (κ3) is 2.88. The number of nitrogens with one attached hydrogen (secondary N) is 1. The predicted molar refractivity (Wildman–Crippen MR) is 70.4 cm³/mol. The van der Waals surface area contributed by atoms with Crippen molar-refractivity contribution in [2.75, 3.05) is 5.73 Å². The number of pyridine rings is 1. The van der Waals surface area contributed by atoms with Crippen LogP contribution in [0.1, 0.15) is 0 Å². The Labute approximate surface area is 116 Å². The molecule has 2 heterocycles. The van der Waals surface area contributed by atoms with Gasteiger partial charge < -0.3 is 15.5 Å². The third-order valence-corrected chi connectivity index (χ3v) is 2.70. The number of fused-ring (bicyclic) bond motifs is 1. The highest BCUT2D eigenvalue weighted by molar-refractivity contribution is 5.78. The van der Waals surface area contributed by atoms with E-state index in [2.05, 4.69) is 19.7 Å². The normalized spacial score (nSPS) is 11.8. The predicted octanol–water partition coefficient (Wildman–Crippen LogP) is 3.11. The van der Waals surface area contributed by atoms with Crippen molar-refractivity contribution in [1.82, 2.24) is 15.0 Å². The van der Waals surface area contributed by atoms with E-state index in [9.17, 15) is 13.2 Å².